The van der Waals surface area contributed by atoms with E-state index < -0.39 is 5.60 Å². The molecule has 2 atom stereocenters. The van der Waals surface area contributed by atoms with E-state index in [1.165, 1.54) is 5.56 Å². The summed E-state index contributed by atoms with van der Waals surface area (Å²) in [5.41, 5.74) is 3.65. The highest BCUT2D eigenvalue weighted by Gasteiger charge is 2.44. The fourth-order valence-corrected chi connectivity index (χ4v) is 4.03. The Morgan fingerprint density at radius 2 is 1.76 bits per heavy atom. The summed E-state index contributed by atoms with van der Waals surface area (Å²) in [6.07, 6.45) is 5.32. The Kier molecular flexibility index (Phi) is 5.41. The molecule has 0 bridgehead atoms. The topological polar surface area (TPSA) is 23.5 Å². The highest BCUT2D eigenvalue weighted by atomic mass is 16.3. The molecule has 0 amide bonds. The average molecular weight is 335 g/mol. The minimum absolute atomic E-state index is 0.203. The third-order valence-electron chi connectivity index (χ3n) is 5.30. The third-order valence-corrected chi connectivity index (χ3v) is 5.30. The van der Waals surface area contributed by atoms with Crippen LogP contribution in [0.15, 0.2) is 60.2 Å². The molecular formula is C23H29NO. The van der Waals surface area contributed by atoms with Gasteiger partial charge in [0.15, 0.2) is 0 Å². The normalized spacial score (nSPS) is 25.5. The van der Waals surface area contributed by atoms with Gasteiger partial charge in [-0.2, -0.15) is 0 Å². The summed E-state index contributed by atoms with van der Waals surface area (Å²) < 4.78 is 0. The molecule has 0 heterocycles. The SMILES string of the molecule is Cc1ccc(C2(O)/C(=C\c3ccccc3)CCCC2CN(C)C)cc1. The lowest BCUT2D eigenvalue weighted by Crippen LogP contribution is -2.44. The molecule has 0 aromatic heterocycles. The molecule has 2 aromatic carbocycles. The predicted octanol–water partition coefficient (Wildman–Crippen LogP) is 4.63. The van der Waals surface area contributed by atoms with Crippen molar-refractivity contribution in [1.29, 1.82) is 0 Å². The molecule has 2 unspecified atom stereocenters. The summed E-state index contributed by atoms with van der Waals surface area (Å²) in [7, 11) is 4.18. The van der Waals surface area contributed by atoms with Gasteiger partial charge < -0.3 is 10.0 Å². The van der Waals surface area contributed by atoms with Crippen molar-refractivity contribution in [3.63, 3.8) is 0 Å². The van der Waals surface area contributed by atoms with Crippen molar-refractivity contribution in [2.24, 2.45) is 5.92 Å². The largest absolute Gasteiger partial charge is 0.380 e. The highest BCUT2D eigenvalue weighted by molar-refractivity contribution is 5.57. The first-order valence-electron chi connectivity index (χ1n) is 9.20. The Balaban J connectivity index is 2.08. The summed E-state index contributed by atoms with van der Waals surface area (Å²) in [6.45, 7) is 2.98. The van der Waals surface area contributed by atoms with Crippen LogP contribution < -0.4 is 0 Å². The van der Waals surface area contributed by atoms with E-state index in [-0.39, 0.29) is 5.92 Å². The molecule has 0 aliphatic heterocycles. The smallest absolute Gasteiger partial charge is 0.115 e. The van der Waals surface area contributed by atoms with Crippen LogP contribution >= 0.6 is 0 Å². The number of rotatable bonds is 4. The van der Waals surface area contributed by atoms with Gasteiger partial charge in [0.2, 0.25) is 0 Å². The van der Waals surface area contributed by atoms with E-state index in [9.17, 15) is 5.11 Å². The second kappa shape index (κ2) is 7.55. The molecule has 1 saturated carbocycles. The van der Waals surface area contributed by atoms with Crippen LogP contribution in [-0.2, 0) is 5.60 Å². The maximum Gasteiger partial charge on any atom is 0.115 e. The minimum Gasteiger partial charge on any atom is -0.380 e. The van der Waals surface area contributed by atoms with Gasteiger partial charge in [-0.25, -0.2) is 0 Å². The molecule has 2 aromatic rings. The second-order valence-corrected chi connectivity index (χ2v) is 7.56. The van der Waals surface area contributed by atoms with E-state index in [1.807, 2.05) is 6.07 Å². The number of hydrogen-bond acceptors (Lipinski definition) is 2. The molecule has 2 heteroatoms. The van der Waals surface area contributed by atoms with Crippen molar-refractivity contribution in [3.8, 4) is 0 Å². The number of hydrogen-bond donors (Lipinski definition) is 1. The van der Waals surface area contributed by atoms with Crippen molar-refractivity contribution in [2.45, 2.75) is 31.8 Å². The van der Waals surface area contributed by atoms with Crippen molar-refractivity contribution >= 4 is 6.08 Å². The fraction of sp³-hybridized carbons (Fsp3) is 0.391. The number of benzene rings is 2. The molecular weight excluding hydrogens is 306 g/mol. The zero-order chi connectivity index (χ0) is 17.9. The monoisotopic (exact) mass is 335 g/mol. The third kappa shape index (κ3) is 3.86. The lowest BCUT2D eigenvalue weighted by molar-refractivity contribution is -0.0174. The van der Waals surface area contributed by atoms with Gasteiger partial charge in [-0.3, -0.25) is 0 Å². The summed E-state index contributed by atoms with van der Waals surface area (Å²) in [4.78, 5) is 2.19. The van der Waals surface area contributed by atoms with Gasteiger partial charge >= 0.3 is 0 Å². The van der Waals surface area contributed by atoms with Crippen molar-refractivity contribution in [1.82, 2.24) is 4.90 Å². The van der Waals surface area contributed by atoms with E-state index in [0.29, 0.717) is 0 Å². The van der Waals surface area contributed by atoms with Gasteiger partial charge in [0.25, 0.3) is 0 Å². The first-order valence-corrected chi connectivity index (χ1v) is 9.20. The molecule has 1 fully saturated rings. The van der Waals surface area contributed by atoms with Crippen molar-refractivity contribution < 1.29 is 5.11 Å². The van der Waals surface area contributed by atoms with Gasteiger partial charge in [-0.1, -0.05) is 66.2 Å². The molecule has 0 radical (unpaired) electrons. The molecule has 0 saturated heterocycles. The fourth-order valence-electron chi connectivity index (χ4n) is 4.03. The van der Waals surface area contributed by atoms with E-state index >= 15 is 0 Å². The molecule has 3 rings (SSSR count). The van der Waals surface area contributed by atoms with Crippen molar-refractivity contribution in [2.75, 3.05) is 20.6 Å². The van der Waals surface area contributed by atoms with Gasteiger partial charge in [-0.15, -0.1) is 0 Å². The van der Waals surface area contributed by atoms with Crippen LogP contribution in [0.2, 0.25) is 0 Å². The standard InChI is InChI=1S/C23H29NO/c1-18-12-14-20(15-13-18)23(25)21(16-19-8-5-4-6-9-19)10-7-11-22(23)17-24(2)3/h4-6,8-9,12-16,22,25H,7,10-11,17H2,1-3H3/b21-16-. The molecule has 1 aliphatic rings. The second-order valence-electron chi connectivity index (χ2n) is 7.56. The summed E-state index contributed by atoms with van der Waals surface area (Å²) in [5.74, 6) is 0.203. The van der Waals surface area contributed by atoms with E-state index in [0.717, 1.165) is 42.5 Å². The number of aryl methyl sites for hydroxylation is 1. The van der Waals surface area contributed by atoms with Crippen LogP contribution in [0, 0.1) is 12.8 Å². The first kappa shape index (κ1) is 17.9. The lowest BCUT2D eigenvalue weighted by Gasteiger charge is -2.44. The van der Waals surface area contributed by atoms with Crippen LogP contribution in [0.4, 0.5) is 0 Å². The van der Waals surface area contributed by atoms with E-state index in [4.69, 9.17) is 0 Å². The quantitative estimate of drug-likeness (QED) is 0.881. The highest BCUT2D eigenvalue weighted by Crippen LogP contribution is 2.46. The summed E-state index contributed by atoms with van der Waals surface area (Å²) in [6, 6.07) is 18.8. The molecule has 1 N–H and O–H groups in total. The van der Waals surface area contributed by atoms with Crippen molar-refractivity contribution in [3.05, 3.63) is 76.9 Å². The minimum atomic E-state index is -0.897. The Bertz CT molecular complexity index is 718. The van der Waals surface area contributed by atoms with Crippen LogP contribution in [-0.4, -0.2) is 30.6 Å². The predicted molar refractivity (Wildman–Crippen MR) is 105 cm³/mol. The Morgan fingerprint density at radius 1 is 1.08 bits per heavy atom. The Hall–Kier alpha value is -1.90. The van der Waals surface area contributed by atoms with Gasteiger partial charge in [0.1, 0.15) is 5.60 Å². The van der Waals surface area contributed by atoms with Crippen LogP contribution in [0.1, 0.15) is 36.0 Å². The zero-order valence-corrected chi connectivity index (χ0v) is 15.6. The molecule has 132 valence electrons. The lowest BCUT2D eigenvalue weighted by atomic mass is 9.67. The first-order chi connectivity index (χ1) is 12.0. The molecule has 0 spiro atoms. The molecule has 1 aliphatic carbocycles. The average Bonchev–Trinajstić information content (AvgIpc) is 2.60. The number of aliphatic hydroxyl groups is 1. The zero-order valence-electron chi connectivity index (χ0n) is 15.6. The van der Waals surface area contributed by atoms with Gasteiger partial charge in [0, 0.05) is 12.5 Å². The summed E-state index contributed by atoms with van der Waals surface area (Å²) in [5, 5.41) is 12.0. The van der Waals surface area contributed by atoms with E-state index in [2.05, 4.69) is 80.5 Å². The van der Waals surface area contributed by atoms with E-state index in [1.54, 1.807) is 0 Å². The summed E-state index contributed by atoms with van der Waals surface area (Å²) >= 11 is 0. The van der Waals surface area contributed by atoms with Crippen LogP contribution in [0.25, 0.3) is 6.08 Å². The number of nitrogens with zero attached hydrogens (tertiary/aromatic N) is 1. The molecule has 2 nitrogen and oxygen atoms in total. The maximum absolute atomic E-state index is 12.0. The molecule has 25 heavy (non-hydrogen) atoms. The Morgan fingerprint density at radius 3 is 2.40 bits per heavy atom. The van der Waals surface area contributed by atoms with Crippen LogP contribution in [0.5, 0.6) is 0 Å². The maximum atomic E-state index is 12.0. The Labute approximate surface area is 151 Å². The van der Waals surface area contributed by atoms with Crippen LogP contribution in [0.3, 0.4) is 0 Å². The van der Waals surface area contributed by atoms with Gasteiger partial charge in [0.05, 0.1) is 0 Å². The van der Waals surface area contributed by atoms with Gasteiger partial charge in [-0.05, 0) is 57.0 Å².